The van der Waals surface area contributed by atoms with Crippen LogP contribution >= 0.6 is 0 Å². The highest BCUT2D eigenvalue weighted by Gasteiger charge is 2.12. The van der Waals surface area contributed by atoms with Crippen molar-refractivity contribution in [1.82, 2.24) is 0 Å². The van der Waals surface area contributed by atoms with Crippen molar-refractivity contribution >= 4 is 5.69 Å². The van der Waals surface area contributed by atoms with Gasteiger partial charge in [0, 0.05) is 18.9 Å². The maximum absolute atomic E-state index is 5.85. The smallest absolute Gasteiger partial charge is 0.0494 e. The molecule has 1 aliphatic carbocycles. The van der Waals surface area contributed by atoms with Crippen molar-refractivity contribution in [2.45, 2.75) is 70.6 Å². The van der Waals surface area contributed by atoms with E-state index in [9.17, 15) is 0 Å². The Morgan fingerprint density at radius 1 is 0.864 bits per heavy atom. The molecule has 0 amide bonds. The Bertz CT molecular complexity index is 381. The van der Waals surface area contributed by atoms with E-state index in [0.29, 0.717) is 0 Å². The second-order valence-corrected chi connectivity index (χ2v) is 6.84. The van der Waals surface area contributed by atoms with Crippen molar-refractivity contribution < 1.29 is 4.74 Å². The van der Waals surface area contributed by atoms with Crippen molar-refractivity contribution in [3.8, 4) is 0 Å². The van der Waals surface area contributed by atoms with Gasteiger partial charge in [0.1, 0.15) is 0 Å². The number of anilines is 1. The molecule has 0 atom stereocenters. The zero-order valence-corrected chi connectivity index (χ0v) is 14.1. The first kappa shape index (κ1) is 17.3. The van der Waals surface area contributed by atoms with Crippen LogP contribution < -0.4 is 5.73 Å². The molecule has 1 saturated carbocycles. The summed E-state index contributed by atoms with van der Waals surface area (Å²) in [5.74, 6) is 0.855. The molecule has 2 nitrogen and oxygen atoms in total. The minimum atomic E-state index is 0.855. The lowest BCUT2D eigenvalue weighted by Gasteiger charge is -2.21. The number of aryl methyl sites for hydroxylation is 1. The zero-order chi connectivity index (χ0) is 15.5. The SMILES string of the molecule is Nc1ccc(CCCCCCCOCC2CCCCC2)cc1. The first-order valence-corrected chi connectivity index (χ1v) is 9.27. The number of nitrogens with two attached hydrogens (primary N) is 1. The van der Waals surface area contributed by atoms with E-state index >= 15 is 0 Å². The van der Waals surface area contributed by atoms with Crippen LogP contribution in [0.15, 0.2) is 24.3 Å². The summed E-state index contributed by atoms with van der Waals surface area (Å²) in [6.07, 6.45) is 14.7. The van der Waals surface area contributed by atoms with Gasteiger partial charge in [-0.3, -0.25) is 0 Å². The number of nitrogen functional groups attached to an aromatic ring is 1. The molecular weight excluding hydrogens is 270 g/mol. The van der Waals surface area contributed by atoms with E-state index in [2.05, 4.69) is 12.1 Å². The predicted octanol–water partition coefficient (Wildman–Crippen LogP) is 5.36. The molecule has 0 bridgehead atoms. The van der Waals surface area contributed by atoms with Gasteiger partial charge in [0.25, 0.3) is 0 Å². The monoisotopic (exact) mass is 303 g/mol. The number of benzene rings is 1. The Morgan fingerprint density at radius 2 is 1.55 bits per heavy atom. The van der Waals surface area contributed by atoms with Gasteiger partial charge in [-0.25, -0.2) is 0 Å². The van der Waals surface area contributed by atoms with Gasteiger partial charge in [-0.05, 0) is 55.7 Å². The molecule has 0 unspecified atom stereocenters. The highest BCUT2D eigenvalue weighted by molar-refractivity contribution is 5.39. The minimum Gasteiger partial charge on any atom is -0.399 e. The highest BCUT2D eigenvalue weighted by atomic mass is 16.5. The maximum atomic E-state index is 5.85. The number of hydrogen-bond donors (Lipinski definition) is 1. The lowest BCUT2D eigenvalue weighted by Crippen LogP contribution is -2.13. The van der Waals surface area contributed by atoms with Crippen LogP contribution in [0.2, 0.25) is 0 Å². The van der Waals surface area contributed by atoms with Crippen LogP contribution in [0.5, 0.6) is 0 Å². The Balaban J connectivity index is 1.37. The van der Waals surface area contributed by atoms with Crippen LogP contribution in [0.25, 0.3) is 0 Å². The fourth-order valence-corrected chi connectivity index (χ4v) is 3.35. The second kappa shape index (κ2) is 10.7. The summed E-state index contributed by atoms with van der Waals surface area (Å²) in [6.45, 7) is 1.98. The second-order valence-electron chi connectivity index (χ2n) is 6.84. The summed E-state index contributed by atoms with van der Waals surface area (Å²) in [6, 6.07) is 8.29. The Hall–Kier alpha value is -1.02. The molecule has 1 aromatic rings. The van der Waals surface area contributed by atoms with Crippen LogP contribution in [0.4, 0.5) is 5.69 Å². The molecule has 0 heterocycles. The van der Waals surface area contributed by atoms with Crippen molar-refractivity contribution in [3.05, 3.63) is 29.8 Å². The quantitative estimate of drug-likeness (QED) is 0.466. The third-order valence-corrected chi connectivity index (χ3v) is 4.81. The van der Waals surface area contributed by atoms with E-state index in [1.54, 1.807) is 0 Å². The lowest BCUT2D eigenvalue weighted by molar-refractivity contribution is 0.0824. The van der Waals surface area contributed by atoms with Crippen molar-refractivity contribution in [2.75, 3.05) is 18.9 Å². The molecule has 0 radical (unpaired) electrons. The maximum Gasteiger partial charge on any atom is 0.0494 e. The Morgan fingerprint density at radius 3 is 2.32 bits per heavy atom. The van der Waals surface area contributed by atoms with Gasteiger partial charge in [0.15, 0.2) is 0 Å². The Kier molecular flexibility index (Phi) is 8.40. The van der Waals surface area contributed by atoms with Crippen LogP contribution in [0.3, 0.4) is 0 Å². The van der Waals surface area contributed by atoms with Crippen molar-refractivity contribution in [2.24, 2.45) is 5.92 Å². The number of unbranched alkanes of at least 4 members (excludes halogenated alkanes) is 4. The number of hydrogen-bond acceptors (Lipinski definition) is 2. The third-order valence-electron chi connectivity index (χ3n) is 4.81. The summed E-state index contributed by atoms with van der Waals surface area (Å²) >= 11 is 0. The predicted molar refractivity (Wildman–Crippen MR) is 95.0 cm³/mol. The average Bonchev–Trinajstić information content (AvgIpc) is 2.56. The summed E-state index contributed by atoms with van der Waals surface area (Å²) in [5.41, 5.74) is 7.96. The van der Waals surface area contributed by atoms with E-state index in [1.165, 1.54) is 76.2 Å². The fourth-order valence-electron chi connectivity index (χ4n) is 3.35. The molecule has 1 aromatic carbocycles. The van der Waals surface area contributed by atoms with Gasteiger partial charge < -0.3 is 10.5 Å². The van der Waals surface area contributed by atoms with Gasteiger partial charge in [0.05, 0.1) is 0 Å². The molecule has 2 N–H and O–H groups in total. The fraction of sp³-hybridized carbons (Fsp3) is 0.700. The van der Waals surface area contributed by atoms with Crippen molar-refractivity contribution in [3.63, 3.8) is 0 Å². The highest BCUT2D eigenvalue weighted by Crippen LogP contribution is 2.23. The summed E-state index contributed by atoms with van der Waals surface area (Å²) < 4.78 is 5.85. The average molecular weight is 303 g/mol. The summed E-state index contributed by atoms with van der Waals surface area (Å²) in [4.78, 5) is 0. The molecule has 0 spiro atoms. The molecule has 22 heavy (non-hydrogen) atoms. The van der Waals surface area contributed by atoms with E-state index in [0.717, 1.165) is 24.8 Å². The Labute approximate surface area is 136 Å². The first-order chi connectivity index (χ1) is 10.8. The molecule has 124 valence electrons. The third kappa shape index (κ3) is 7.31. The summed E-state index contributed by atoms with van der Waals surface area (Å²) in [7, 11) is 0. The van der Waals surface area contributed by atoms with Crippen LogP contribution in [-0.2, 0) is 11.2 Å². The van der Waals surface area contributed by atoms with Gasteiger partial charge in [-0.15, -0.1) is 0 Å². The molecule has 1 fully saturated rings. The zero-order valence-electron chi connectivity index (χ0n) is 14.1. The molecule has 0 saturated heterocycles. The molecular formula is C20H33NO. The minimum absolute atomic E-state index is 0.855. The van der Waals surface area contributed by atoms with Gasteiger partial charge in [-0.1, -0.05) is 50.7 Å². The standard InChI is InChI=1S/C20H33NO/c21-20-14-12-18(13-15-20)9-5-2-1-3-8-16-22-17-19-10-6-4-7-11-19/h12-15,19H,1-11,16-17,21H2. The van der Waals surface area contributed by atoms with Gasteiger partial charge >= 0.3 is 0 Å². The topological polar surface area (TPSA) is 35.2 Å². The normalized spacial score (nSPS) is 16.0. The summed E-state index contributed by atoms with van der Waals surface area (Å²) in [5, 5.41) is 0. The molecule has 2 heteroatoms. The van der Waals surface area contributed by atoms with Gasteiger partial charge in [0.2, 0.25) is 0 Å². The van der Waals surface area contributed by atoms with E-state index < -0.39 is 0 Å². The van der Waals surface area contributed by atoms with E-state index in [-0.39, 0.29) is 0 Å². The molecule has 0 aromatic heterocycles. The van der Waals surface area contributed by atoms with Crippen molar-refractivity contribution in [1.29, 1.82) is 0 Å². The lowest BCUT2D eigenvalue weighted by atomic mass is 9.90. The van der Waals surface area contributed by atoms with Crippen LogP contribution in [0, 0.1) is 5.92 Å². The van der Waals surface area contributed by atoms with Crippen LogP contribution in [-0.4, -0.2) is 13.2 Å². The first-order valence-electron chi connectivity index (χ1n) is 9.27. The number of rotatable bonds is 10. The van der Waals surface area contributed by atoms with Crippen LogP contribution in [0.1, 0.15) is 69.8 Å². The van der Waals surface area contributed by atoms with E-state index in [1.807, 2.05) is 12.1 Å². The number of ether oxygens (including phenoxy) is 1. The van der Waals surface area contributed by atoms with Gasteiger partial charge in [-0.2, -0.15) is 0 Å². The molecule has 1 aliphatic rings. The largest absolute Gasteiger partial charge is 0.399 e. The molecule has 0 aliphatic heterocycles. The van der Waals surface area contributed by atoms with E-state index in [4.69, 9.17) is 10.5 Å². The molecule has 2 rings (SSSR count).